The van der Waals surface area contributed by atoms with E-state index in [2.05, 4.69) is 34.0 Å². The maximum atomic E-state index is 11.9. The van der Waals surface area contributed by atoms with Crippen LogP contribution in [-0.4, -0.2) is 35.5 Å². The smallest absolute Gasteiger partial charge is 0.364 e. The van der Waals surface area contributed by atoms with Gasteiger partial charge in [0.1, 0.15) is 13.2 Å². The maximum Gasteiger partial charge on any atom is 0.411 e. The molecule has 0 amide bonds. The third kappa shape index (κ3) is 6.33. The first-order valence-corrected chi connectivity index (χ1v) is 6.51. The van der Waals surface area contributed by atoms with Crippen LogP contribution in [0.5, 0.6) is 0 Å². The Bertz CT molecular complexity index is 394. The molecule has 0 spiro atoms. The van der Waals surface area contributed by atoms with E-state index in [0.717, 1.165) is 6.54 Å². The Hall–Kier alpha value is -1.15. The molecule has 8 heteroatoms. The van der Waals surface area contributed by atoms with Gasteiger partial charge in [0, 0.05) is 12.5 Å². The molecule has 0 bridgehead atoms. The number of nitrogens with one attached hydrogen (secondary N) is 1. The van der Waals surface area contributed by atoms with Gasteiger partial charge in [-0.2, -0.15) is 18.2 Å². The van der Waals surface area contributed by atoms with E-state index in [1.165, 1.54) is 0 Å². The molecule has 5 nitrogen and oxygen atoms in total. The van der Waals surface area contributed by atoms with Gasteiger partial charge in [-0.1, -0.05) is 25.9 Å². The van der Waals surface area contributed by atoms with Crippen molar-refractivity contribution in [2.45, 2.75) is 46.0 Å². The van der Waals surface area contributed by atoms with Gasteiger partial charge >= 0.3 is 6.18 Å². The maximum absolute atomic E-state index is 11.9. The first-order valence-electron chi connectivity index (χ1n) is 6.51. The minimum atomic E-state index is -4.35. The standard InChI is InChI=1S/C12H20F3N3O2/c1-4-16-9(8(2)3)5-11-17-10(18-20-11)6-19-7-12(13,14)15/h8-9,16H,4-7H2,1-3H3. The van der Waals surface area contributed by atoms with Crippen LogP contribution < -0.4 is 5.32 Å². The quantitative estimate of drug-likeness (QED) is 0.797. The molecule has 1 aromatic rings. The van der Waals surface area contributed by atoms with Crippen molar-refractivity contribution >= 4 is 0 Å². The molecule has 0 saturated heterocycles. The van der Waals surface area contributed by atoms with Gasteiger partial charge < -0.3 is 14.6 Å². The number of hydrogen-bond acceptors (Lipinski definition) is 5. The van der Waals surface area contributed by atoms with E-state index in [0.29, 0.717) is 18.2 Å². The van der Waals surface area contributed by atoms with Gasteiger partial charge in [-0.05, 0) is 12.5 Å². The van der Waals surface area contributed by atoms with Crippen LogP contribution in [0.15, 0.2) is 4.52 Å². The molecule has 0 aromatic carbocycles. The molecule has 1 atom stereocenters. The third-order valence-electron chi connectivity index (χ3n) is 2.67. The molecule has 1 rings (SSSR count). The van der Waals surface area contributed by atoms with Crippen molar-refractivity contribution in [3.05, 3.63) is 11.7 Å². The Morgan fingerprint density at radius 2 is 2.05 bits per heavy atom. The van der Waals surface area contributed by atoms with E-state index in [1.807, 2.05) is 6.92 Å². The predicted octanol–water partition coefficient (Wildman–Crippen LogP) is 2.33. The average molecular weight is 295 g/mol. The van der Waals surface area contributed by atoms with E-state index in [4.69, 9.17) is 4.52 Å². The fraction of sp³-hybridized carbons (Fsp3) is 0.833. The zero-order valence-corrected chi connectivity index (χ0v) is 11.8. The second-order valence-electron chi connectivity index (χ2n) is 4.82. The van der Waals surface area contributed by atoms with E-state index < -0.39 is 12.8 Å². The van der Waals surface area contributed by atoms with Crippen LogP contribution in [0, 0.1) is 5.92 Å². The molecule has 0 radical (unpaired) electrons. The van der Waals surface area contributed by atoms with Crippen molar-refractivity contribution in [3.8, 4) is 0 Å². The number of nitrogens with zero attached hydrogens (tertiary/aromatic N) is 2. The average Bonchev–Trinajstić information content (AvgIpc) is 2.74. The number of hydrogen-bond donors (Lipinski definition) is 1. The first-order chi connectivity index (χ1) is 9.31. The van der Waals surface area contributed by atoms with Crippen molar-refractivity contribution in [1.82, 2.24) is 15.5 Å². The normalized spacial score (nSPS) is 13.9. The summed E-state index contributed by atoms with van der Waals surface area (Å²) in [6, 6.07) is 0.185. The highest BCUT2D eigenvalue weighted by Gasteiger charge is 2.27. The number of aromatic nitrogens is 2. The van der Waals surface area contributed by atoms with Crippen LogP contribution in [0.2, 0.25) is 0 Å². The second kappa shape index (κ2) is 7.58. The predicted molar refractivity (Wildman–Crippen MR) is 66.0 cm³/mol. The van der Waals surface area contributed by atoms with Gasteiger partial charge in [-0.25, -0.2) is 0 Å². The summed E-state index contributed by atoms with van der Waals surface area (Å²) in [5.41, 5.74) is 0. The SMILES string of the molecule is CCNC(Cc1nc(COCC(F)(F)F)no1)C(C)C. The monoisotopic (exact) mass is 295 g/mol. The van der Waals surface area contributed by atoms with Gasteiger partial charge in [0.15, 0.2) is 5.82 Å². The number of alkyl halides is 3. The highest BCUT2D eigenvalue weighted by Crippen LogP contribution is 2.15. The van der Waals surface area contributed by atoms with Crippen LogP contribution in [0.3, 0.4) is 0 Å². The molecule has 1 heterocycles. The van der Waals surface area contributed by atoms with E-state index in [1.54, 1.807) is 0 Å². The molecule has 20 heavy (non-hydrogen) atoms. The molecule has 0 fully saturated rings. The number of likely N-dealkylation sites (N-methyl/N-ethyl adjacent to an activating group) is 1. The molecule has 0 aliphatic heterocycles. The lowest BCUT2D eigenvalue weighted by molar-refractivity contribution is -0.177. The Balaban J connectivity index is 2.46. The van der Waals surface area contributed by atoms with Gasteiger partial charge in [-0.15, -0.1) is 0 Å². The van der Waals surface area contributed by atoms with Crippen molar-refractivity contribution in [2.24, 2.45) is 5.92 Å². The van der Waals surface area contributed by atoms with Gasteiger partial charge in [0.05, 0.1) is 0 Å². The lowest BCUT2D eigenvalue weighted by atomic mass is 10.0. The molecule has 0 aliphatic rings. The van der Waals surface area contributed by atoms with Gasteiger partial charge in [0.25, 0.3) is 0 Å². The minimum absolute atomic E-state index is 0.128. The zero-order chi connectivity index (χ0) is 15.2. The Kier molecular flexibility index (Phi) is 6.41. The molecular formula is C12H20F3N3O2. The molecule has 1 unspecified atom stereocenters. The summed E-state index contributed by atoms with van der Waals surface area (Å²) in [4.78, 5) is 4.02. The Morgan fingerprint density at radius 3 is 2.60 bits per heavy atom. The van der Waals surface area contributed by atoms with Crippen LogP contribution in [0.25, 0.3) is 0 Å². The van der Waals surface area contributed by atoms with E-state index in [9.17, 15) is 13.2 Å². The summed E-state index contributed by atoms with van der Waals surface area (Å²) in [5, 5.41) is 6.90. The molecule has 0 aliphatic carbocycles. The lowest BCUT2D eigenvalue weighted by Crippen LogP contribution is -2.35. The lowest BCUT2D eigenvalue weighted by Gasteiger charge is -2.19. The zero-order valence-electron chi connectivity index (χ0n) is 11.8. The molecular weight excluding hydrogens is 275 g/mol. The van der Waals surface area contributed by atoms with Gasteiger partial charge in [0.2, 0.25) is 5.89 Å². The summed E-state index contributed by atoms with van der Waals surface area (Å²) >= 11 is 0. The van der Waals surface area contributed by atoms with Crippen LogP contribution in [-0.2, 0) is 17.8 Å². The first kappa shape index (κ1) is 16.9. The number of rotatable bonds is 8. The van der Waals surface area contributed by atoms with Crippen molar-refractivity contribution in [2.75, 3.05) is 13.2 Å². The second-order valence-corrected chi connectivity index (χ2v) is 4.82. The highest BCUT2D eigenvalue weighted by molar-refractivity contribution is 4.89. The largest absolute Gasteiger partial charge is 0.411 e. The topological polar surface area (TPSA) is 60.2 Å². The summed E-state index contributed by atoms with van der Waals surface area (Å²) in [5.74, 6) is 0.908. The molecule has 1 aromatic heterocycles. The number of halogens is 3. The fourth-order valence-electron chi connectivity index (χ4n) is 1.68. The highest BCUT2D eigenvalue weighted by atomic mass is 19.4. The summed E-state index contributed by atoms with van der Waals surface area (Å²) in [6.45, 7) is 5.33. The van der Waals surface area contributed by atoms with Crippen molar-refractivity contribution < 1.29 is 22.4 Å². The van der Waals surface area contributed by atoms with Crippen LogP contribution in [0.1, 0.15) is 32.5 Å². The van der Waals surface area contributed by atoms with Crippen LogP contribution in [0.4, 0.5) is 13.2 Å². The molecule has 116 valence electrons. The molecule has 1 N–H and O–H groups in total. The summed E-state index contributed by atoms with van der Waals surface area (Å²) < 4.78 is 45.2. The van der Waals surface area contributed by atoms with Crippen LogP contribution >= 0.6 is 0 Å². The minimum Gasteiger partial charge on any atom is -0.364 e. The Labute approximate surface area is 115 Å². The van der Waals surface area contributed by atoms with Gasteiger partial charge in [-0.3, -0.25) is 0 Å². The fourth-order valence-corrected chi connectivity index (χ4v) is 1.68. The van der Waals surface area contributed by atoms with E-state index in [-0.39, 0.29) is 18.5 Å². The summed E-state index contributed by atoms with van der Waals surface area (Å²) in [6.07, 6.45) is -3.81. The number of ether oxygens (including phenoxy) is 1. The summed E-state index contributed by atoms with van der Waals surface area (Å²) in [7, 11) is 0. The Morgan fingerprint density at radius 1 is 1.35 bits per heavy atom. The third-order valence-corrected chi connectivity index (χ3v) is 2.67. The van der Waals surface area contributed by atoms with Crippen molar-refractivity contribution in [3.63, 3.8) is 0 Å². The van der Waals surface area contributed by atoms with E-state index >= 15 is 0 Å². The van der Waals surface area contributed by atoms with Crippen molar-refractivity contribution in [1.29, 1.82) is 0 Å². The molecule has 0 saturated carbocycles.